The summed E-state index contributed by atoms with van der Waals surface area (Å²) in [5.74, 6) is -1.45. The van der Waals surface area contributed by atoms with Gasteiger partial charge in [0.05, 0.1) is 5.56 Å². The van der Waals surface area contributed by atoms with Gasteiger partial charge in [0.25, 0.3) is 5.92 Å². The fourth-order valence-electron chi connectivity index (χ4n) is 7.77. The predicted molar refractivity (Wildman–Crippen MR) is 131 cm³/mol. The fourth-order valence-corrected chi connectivity index (χ4v) is 7.77. The lowest BCUT2D eigenvalue weighted by molar-refractivity contribution is -0.140. The van der Waals surface area contributed by atoms with Crippen LogP contribution in [0.5, 0.6) is 0 Å². The highest BCUT2D eigenvalue weighted by Crippen LogP contribution is 2.48. The highest BCUT2D eigenvalue weighted by molar-refractivity contribution is 5.27. The van der Waals surface area contributed by atoms with Crippen molar-refractivity contribution < 1.29 is 26.3 Å². The molecular weight excluding hydrogens is 474 g/mol. The molecule has 6 heteroatoms. The summed E-state index contributed by atoms with van der Waals surface area (Å²) in [4.78, 5) is 0. The van der Waals surface area contributed by atoms with Crippen molar-refractivity contribution in [3.63, 3.8) is 0 Å². The summed E-state index contributed by atoms with van der Waals surface area (Å²) in [6.07, 6.45) is 10.3. The Bertz CT molecular complexity index is 822. The number of hydrogen-bond donors (Lipinski definition) is 0. The molecule has 0 saturated heterocycles. The Labute approximate surface area is 212 Å². The van der Waals surface area contributed by atoms with Crippen LogP contribution in [0.2, 0.25) is 0 Å². The molecule has 3 fully saturated rings. The summed E-state index contributed by atoms with van der Waals surface area (Å²) in [6, 6.07) is 2.18. The van der Waals surface area contributed by atoms with Gasteiger partial charge in [0.15, 0.2) is 0 Å². The van der Waals surface area contributed by atoms with Gasteiger partial charge >= 0.3 is 6.18 Å². The molecule has 3 aliphatic rings. The zero-order valence-corrected chi connectivity index (χ0v) is 21.6. The molecule has 36 heavy (non-hydrogen) atoms. The topological polar surface area (TPSA) is 0 Å². The zero-order valence-electron chi connectivity index (χ0n) is 21.6. The van der Waals surface area contributed by atoms with Crippen molar-refractivity contribution in [2.75, 3.05) is 0 Å². The lowest BCUT2D eigenvalue weighted by atomic mass is 9.64. The average molecular weight is 517 g/mol. The number of halogens is 6. The summed E-state index contributed by atoms with van der Waals surface area (Å²) in [5.41, 5.74) is -1.48. The second kappa shape index (κ2) is 11.7. The first-order valence-corrected chi connectivity index (χ1v) is 14.3. The van der Waals surface area contributed by atoms with E-state index in [4.69, 9.17) is 0 Å². The van der Waals surface area contributed by atoms with E-state index in [1.165, 1.54) is 64.2 Å². The minimum Gasteiger partial charge on any atom is -0.206 e. The Kier molecular flexibility index (Phi) is 9.03. The lowest BCUT2D eigenvalue weighted by Gasteiger charge is -2.42. The van der Waals surface area contributed by atoms with Crippen LogP contribution < -0.4 is 0 Å². The maximum absolute atomic E-state index is 15.0. The van der Waals surface area contributed by atoms with E-state index in [1.807, 2.05) is 0 Å². The third-order valence-electron chi connectivity index (χ3n) is 9.89. The third-order valence-corrected chi connectivity index (χ3v) is 9.89. The van der Waals surface area contributed by atoms with Gasteiger partial charge in [-0.3, -0.25) is 0 Å². The van der Waals surface area contributed by atoms with E-state index >= 15 is 8.78 Å². The molecule has 1 aromatic carbocycles. The predicted octanol–water partition coefficient (Wildman–Crippen LogP) is 10.2. The summed E-state index contributed by atoms with van der Waals surface area (Å²) in [7, 11) is 0. The third kappa shape index (κ3) is 6.81. The van der Waals surface area contributed by atoms with Gasteiger partial charge in [0.2, 0.25) is 0 Å². The Morgan fingerprint density at radius 1 is 0.694 bits per heavy atom. The van der Waals surface area contributed by atoms with Crippen LogP contribution in [0, 0.1) is 41.3 Å². The van der Waals surface area contributed by atoms with Crippen molar-refractivity contribution in [2.24, 2.45) is 35.5 Å². The molecule has 0 aliphatic heterocycles. The quantitative estimate of drug-likeness (QED) is 0.316. The van der Waals surface area contributed by atoms with Crippen LogP contribution in [0.25, 0.3) is 0 Å². The normalized spacial score (nSPS) is 32.4. The van der Waals surface area contributed by atoms with Crippen molar-refractivity contribution in [1.29, 1.82) is 0 Å². The molecule has 0 nitrogen and oxygen atoms in total. The molecule has 0 bridgehead atoms. The summed E-state index contributed by atoms with van der Waals surface area (Å²) in [6.45, 7) is 2.28. The van der Waals surface area contributed by atoms with Crippen molar-refractivity contribution in [2.45, 2.75) is 115 Å². The zero-order chi connectivity index (χ0) is 25.9. The van der Waals surface area contributed by atoms with Crippen LogP contribution in [0.3, 0.4) is 0 Å². The Balaban J connectivity index is 1.22. The maximum atomic E-state index is 15.0. The second-order valence-corrected chi connectivity index (χ2v) is 12.1. The van der Waals surface area contributed by atoms with Crippen molar-refractivity contribution in [3.05, 3.63) is 35.1 Å². The molecule has 0 radical (unpaired) electrons. The van der Waals surface area contributed by atoms with E-state index in [1.54, 1.807) is 0 Å². The lowest BCUT2D eigenvalue weighted by Crippen LogP contribution is -2.36. The minimum atomic E-state index is -4.82. The van der Waals surface area contributed by atoms with E-state index in [-0.39, 0.29) is 5.56 Å². The largest absolute Gasteiger partial charge is 0.419 e. The molecule has 3 saturated carbocycles. The van der Waals surface area contributed by atoms with Gasteiger partial charge in [-0.1, -0.05) is 38.7 Å². The molecule has 0 spiro atoms. The molecule has 1 aromatic rings. The van der Waals surface area contributed by atoms with Crippen molar-refractivity contribution in [3.8, 4) is 0 Å². The van der Waals surface area contributed by atoms with E-state index in [2.05, 4.69) is 6.92 Å². The van der Waals surface area contributed by atoms with E-state index < -0.39 is 35.8 Å². The Hall–Kier alpha value is -1.20. The van der Waals surface area contributed by atoms with Gasteiger partial charge in [-0.15, -0.1) is 0 Å². The van der Waals surface area contributed by atoms with Crippen LogP contribution in [0.15, 0.2) is 18.2 Å². The first-order valence-electron chi connectivity index (χ1n) is 14.3. The molecule has 0 atom stereocenters. The van der Waals surface area contributed by atoms with Gasteiger partial charge in [0.1, 0.15) is 5.82 Å². The number of alkyl halides is 5. The van der Waals surface area contributed by atoms with Crippen LogP contribution in [0.1, 0.15) is 108 Å². The SMILES string of the molecule is CCCC1CCC(C2CCC(C3CCC(C(F)(F)Cc4ccc(C(F)(F)F)c(F)c4)CC3)CC2)CC1. The van der Waals surface area contributed by atoms with Gasteiger partial charge in [0, 0.05) is 12.3 Å². The minimum absolute atomic E-state index is 0.0744. The van der Waals surface area contributed by atoms with Crippen LogP contribution in [0.4, 0.5) is 26.3 Å². The molecule has 0 heterocycles. The molecule has 3 aliphatic carbocycles. The second-order valence-electron chi connectivity index (χ2n) is 12.1. The molecular formula is C30H42F6. The van der Waals surface area contributed by atoms with Gasteiger partial charge in [-0.05, 0) is 111 Å². The number of hydrogen-bond acceptors (Lipinski definition) is 0. The first kappa shape index (κ1) is 27.8. The monoisotopic (exact) mass is 516 g/mol. The van der Waals surface area contributed by atoms with Crippen LogP contribution in [-0.4, -0.2) is 5.92 Å². The number of rotatable bonds is 7. The van der Waals surface area contributed by atoms with Gasteiger partial charge < -0.3 is 0 Å². The molecule has 0 N–H and O–H groups in total. The van der Waals surface area contributed by atoms with Crippen LogP contribution >= 0.6 is 0 Å². The van der Waals surface area contributed by atoms with Crippen molar-refractivity contribution in [1.82, 2.24) is 0 Å². The summed E-state index contributed by atoms with van der Waals surface area (Å²) in [5, 5.41) is 0. The highest BCUT2D eigenvalue weighted by atomic mass is 19.4. The maximum Gasteiger partial charge on any atom is 0.419 e. The van der Waals surface area contributed by atoms with Crippen LogP contribution in [-0.2, 0) is 12.6 Å². The average Bonchev–Trinajstić information content (AvgIpc) is 2.84. The summed E-state index contributed by atoms with van der Waals surface area (Å²) >= 11 is 0. The molecule has 204 valence electrons. The van der Waals surface area contributed by atoms with Gasteiger partial charge in [-0.2, -0.15) is 13.2 Å². The fraction of sp³-hybridized carbons (Fsp3) is 0.800. The molecule has 0 unspecified atom stereocenters. The van der Waals surface area contributed by atoms with Crippen molar-refractivity contribution >= 4 is 0 Å². The standard InChI is InChI=1S/C30H42F6/c1-2-3-20-4-7-22(8-5-20)23-9-11-24(12-10-23)25-13-15-26(16-14-25)29(32,33)19-21-6-17-27(28(31)18-21)30(34,35)36/h6,17-18,20,22-26H,2-5,7-16,19H2,1H3. The van der Waals surface area contributed by atoms with Gasteiger partial charge in [-0.25, -0.2) is 13.2 Å². The number of benzene rings is 1. The smallest absolute Gasteiger partial charge is 0.206 e. The van der Waals surface area contributed by atoms with E-state index in [0.29, 0.717) is 36.8 Å². The molecule has 0 aromatic heterocycles. The first-order chi connectivity index (χ1) is 17.1. The Morgan fingerprint density at radius 2 is 1.17 bits per heavy atom. The molecule has 4 rings (SSSR count). The van der Waals surface area contributed by atoms with E-state index in [9.17, 15) is 17.6 Å². The Morgan fingerprint density at radius 3 is 1.61 bits per heavy atom. The highest BCUT2D eigenvalue weighted by Gasteiger charge is 2.43. The molecule has 0 amide bonds. The van der Waals surface area contributed by atoms with E-state index in [0.717, 1.165) is 36.7 Å². The summed E-state index contributed by atoms with van der Waals surface area (Å²) < 4.78 is 82.2.